The molecule has 1 N–H and O–H groups in total. The Balaban J connectivity index is 2.10. The Bertz CT molecular complexity index is 285. The second-order valence-corrected chi connectivity index (χ2v) is 3.78. The molecule has 1 heterocycles. The van der Waals surface area contributed by atoms with E-state index in [0.717, 1.165) is 24.1 Å². The van der Waals surface area contributed by atoms with Gasteiger partial charge in [0.05, 0.1) is 0 Å². The van der Waals surface area contributed by atoms with Crippen LogP contribution in [-0.4, -0.2) is 12.6 Å². The molecule has 13 heavy (non-hydrogen) atoms. The summed E-state index contributed by atoms with van der Waals surface area (Å²) < 4.78 is 13.0. The number of rotatable bonds is 2. The van der Waals surface area contributed by atoms with Gasteiger partial charge in [-0.1, -0.05) is 6.07 Å². The van der Waals surface area contributed by atoms with Crippen LogP contribution < -0.4 is 5.32 Å². The van der Waals surface area contributed by atoms with Crippen molar-refractivity contribution in [2.75, 3.05) is 6.54 Å². The average molecular weight is 179 g/mol. The number of nitrogens with one attached hydrogen (secondary N) is 1. The SMILES string of the molecule is Cc1cc(F)cc(CC2CCN2)c1. The highest BCUT2D eigenvalue weighted by Gasteiger charge is 2.16. The zero-order chi connectivity index (χ0) is 9.26. The van der Waals surface area contributed by atoms with Gasteiger partial charge in [-0.05, 0) is 49.6 Å². The quantitative estimate of drug-likeness (QED) is 0.732. The minimum atomic E-state index is -0.116. The molecule has 0 aliphatic carbocycles. The lowest BCUT2D eigenvalue weighted by atomic mass is 9.97. The molecule has 0 spiro atoms. The lowest BCUT2D eigenvalue weighted by Gasteiger charge is -2.27. The van der Waals surface area contributed by atoms with Crippen LogP contribution in [0, 0.1) is 12.7 Å². The molecule has 70 valence electrons. The van der Waals surface area contributed by atoms with Crippen molar-refractivity contribution in [2.45, 2.75) is 25.8 Å². The molecule has 1 fully saturated rings. The van der Waals surface area contributed by atoms with Gasteiger partial charge in [0.2, 0.25) is 0 Å². The lowest BCUT2D eigenvalue weighted by molar-refractivity contribution is 0.369. The fraction of sp³-hybridized carbons (Fsp3) is 0.455. The summed E-state index contributed by atoms with van der Waals surface area (Å²) in [6, 6.07) is 5.83. The van der Waals surface area contributed by atoms with E-state index in [2.05, 4.69) is 11.4 Å². The normalized spacial score (nSPS) is 21.2. The lowest BCUT2D eigenvalue weighted by Crippen LogP contribution is -2.44. The number of benzene rings is 1. The third-order valence-corrected chi connectivity index (χ3v) is 2.51. The van der Waals surface area contributed by atoms with E-state index in [0.29, 0.717) is 6.04 Å². The summed E-state index contributed by atoms with van der Waals surface area (Å²) in [5, 5.41) is 3.31. The second-order valence-electron chi connectivity index (χ2n) is 3.78. The predicted octanol–water partition coefficient (Wildman–Crippen LogP) is 2.04. The highest BCUT2D eigenvalue weighted by Crippen LogP contribution is 2.14. The summed E-state index contributed by atoms with van der Waals surface area (Å²) in [5.41, 5.74) is 2.11. The molecule has 1 aromatic rings. The average Bonchev–Trinajstić information content (AvgIpc) is 1.95. The van der Waals surface area contributed by atoms with Crippen molar-refractivity contribution >= 4 is 0 Å². The summed E-state index contributed by atoms with van der Waals surface area (Å²) in [7, 11) is 0. The fourth-order valence-electron chi connectivity index (χ4n) is 1.74. The maximum atomic E-state index is 13.0. The Morgan fingerprint density at radius 2 is 2.23 bits per heavy atom. The third-order valence-electron chi connectivity index (χ3n) is 2.51. The van der Waals surface area contributed by atoms with Gasteiger partial charge in [-0.25, -0.2) is 4.39 Å². The van der Waals surface area contributed by atoms with E-state index in [1.54, 1.807) is 12.1 Å². The van der Waals surface area contributed by atoms with Crippen LogP contribution in [0.5, 0.6) is 0 Å². The van der Waals surface area contributed by atoms with Gasteiger partial charge >= 0.3 is 0 Å². The molecule has 0 saturated carbocycles. The first-order valence-corrected chi connectivity index (χ1v) is 4.73. The van der Waals surface area contributed by atoms with Gasteiger partial charge in [-0.15, -0.1) is 0 Å². The second kappa shape index (κ2) is 3.46. The van der Waals surface area contributed by atoms with Crippen LogP contribution in [0.2, 0.25) is 0 Å². The van der Waals surface area contributed by atoms with Crippen molar-refractivity contribution in [3.8, 4) is 0 Å². The van der Waals surface area contributed by atoms with Crippen LogP contribution in [0.25, 0.3) is 0 Å². The maximum Gasteiger partial charge on any atom is 0.123 e. The van der Waals surface area contributed by atoms with Crippen LogP contribution in [0.3, 0.4) is 0 Å². The maximum absolute atomic E-state index is 13.0. The molecule has 1 nitrogen and oxygen atoms in total. The van der Waals surface area contributed by atoms with Crippen LogP contribution in [0.1, 0.15) is 17.5 Å². The van der Waals surface area contributed by atoms with Crippen LogP contribution in [0.4, 0.5) is 4.39 Å². The first-order chi connectivity index (χ1) is 6.24. The minimum Gasteiger partial charge on any atom is -0.314 e. The molecule has 2 heteroatoms. The number of hydrogen-bond acceptors (Lipinski definition) is 1. The van der Waals surface area contributed by atoms with E-state index >= 15 is 0 Å². The predicted molar refractivity (Wildman–Crippen MR) is 51.2 cm³/mol. The molecule has 0 bridgehead atoms. The van der Waals surface area contributed by atoms with Crippen LogP contribution in [-0.2, 0) is 6.42 Å². The minimum absolute atomic E-state index is 0.116. The van der Waals surface area contributed by atoms with Gasteiger partial charge in [-0.2, -0.15) is 0 Å². The Hall–Kier alpha value is -0.890. The molecule has 1 aliphatic heterocycles. The highest BCUT2D eigenvalue weighted by atomic mass is 19.1. The van der Waals surface area contributed by atoms with E-state index in [9.17, 15) is 4.39 Å². The van der Waals surface area contributed by atoms with Gasteiger partial charge in [-0.3, -0.25) is 0 Å². The molecule has 0 aromatic heterocycles. The van der Waals surface area contributed by atoms with Crippen molar-refractivity contribution in [2.24, 2.45) is 0 Å². The van der Waals surface area contributed by atoms with Gasteiger partial charge < -0.3 is 5.32 Å². The Morgan fingerprint density at radius 1 is 1.46 bits per heavy atom. The van der Waals surface area contributed by atoms with Crippen molar-refractivity contribution in [1.82, 2.24) is 5.32 Å². The van der Waals surface area contributed by atoms with Gasteiger partial charge in [0.25, 0.3) is 0 Å². The summed E-state index contributed by atoms with van der Waals surface area (Å²) in [5.74, 6) is -0.116. The van der Waals surface area contributed by atoms with E-state index in [4.69, 9.17) is 0 Å². The van der Waals surface area contributed by atoms with E-state index in [-0.39, 0.29) is 5.82 Å². The number of hydrogen-bond donors (Lipinski definition) is 1. The summed E-state index contributed by atoms with van der Waals surface area (Å²) in [4.78, 5) is 0. The standard InChI is InChI=1S/C11H14FN/c1-8-4-9(6-10(12)5-8)7-11-2-3-13-11/h4-6,11,13H,2-3,7H2,1H3. The molecular formula is C11H14FN. The first kappa shape index (κ1) is 8.70. The molecule has 1 atom stereocenters. The third kappa shape index (κ3) is 2.07. The zero-order valence-corrected chi connectivity index (χ0v) is 7.81. The van der Waals surface area contributed by atoms with Crippen molar-refractivity contribution < 1.29 is 4.39 Å². The molecule has 0 radical (unpaired) electrons. The Labute approximate surface area is 78.0 Å². The molecule has 1 unspecified atom stereocenters. The summed E-state index contributed by atoms with van der Waals surface area (Å²) in [6.07, 6.45) is 2.17. The summed E-state index contributed by atoms with van der Waals surface area (Å²) in [6.45, 7) is 3.04. The van der Waals surface area contributed by atoms with Crippen molar-refractivity contribution in [3.63, 3.8) is 0 Å². The van der Waals surface area contributed by atoms with Crippen molar-refractivity contribution in [3.05, 3.63) is 35.1 Å². The fourth-order valence-corrected chi connectivity index (χ4v) is 1.74. The molecule has 2 rings (SSSR count). The smallest absolute Gasteiger partial charge is 0.123 e. The zero-order valence-electron chi connectivity index (χ0n) is 7.81. The van der Waals surface area contributed by atoms with E-state index < -0.39 is 0 Å². The van der Waals surface area contributed by atoms with Gasteiger partial charge in [0.15, 0.2) is 0 Å². The van der Waals surface area contributed by atoms with Gasteiger partial charge in [0.1, 0.15) is 5.82 Å². The number of aryl methyl sites for hydroxylation is 1. The Morgan fingerprint density at radius 3 is 2.77 bits per heavy atom. The molecule has 0 amide bonds. The van der Waals surface area contributed by atoms with Gasteiger partial charge in [0, 0.05) is 6.04 Å². The molecule has 1 saturated heterocycles. The molecular weight excluding hydrogens is 165 g/mol. The first-order valence-electron chi connectivity index (χ1n) is 4.73. The largest absolute Gasteiger partial charge is 0.314 e. The number of halogens is 1. The molecule has 1 aromatic carbocycles. The van der Waals surface area contributed by atoms with Crippen molar-refractivity contribution in [1.29, 1.82) is 0 Å². The van der Waals surface area contributed by atoms with Crippen LogP contribution in [0.15, 0.2) is 18.2 Å². The van der Waals surface area contributed by atoms with Crippen LogP contribution >= 0.6 is 0 Å². The molecule has 1 aliphatic rings. The highest BCUT2D eigenvalue weighted by molar-refractivity contribution is 5.24. The monoisotopic (exact) mass is 179 g/mol. The summed E-state index contributed by atoms with van der Waals surface area (Å²) >= 11 is 0. The van der Waals surface area contributed by atoms with E-state index in [1.165, 1.54) is 6.42 Å². The topological polar surface area (TPSA) is 12.0 Å². The Kier molecular flexibility index (Phi) is 2.32. The van der Waals surface area contributed by atoms with E-state index in [1.807, 2.05) is 6.92 Å².